The van der Waals surface area contributed by atoms with E-state index < -0.39 is 12.0 Å². The summed E-state index contributed by atoms with van der Waals surface area (Å²) in [5.74, 6) is 0.722. The molecule has 1 atom stereocenters. The fraction of sp³-hybridized carbons (Fsp3) is 0.381. The van der Waals surface area contributed by atoms with Gasteiger partial charge in [-0.05, 0) is 31.5 Å². The number of anilines is 2. The minimum atomic E-state index is -0.542. The Morgan fingerprint density at radius 2 is 2.07 bits per heavy atom. The van der Waals surface area contributed by atoms with E-state index in [0.717, 1.165) is 5.56 Å². The number of nitrogens with one attached hydrogen (secondary N) is 1. The molecule has 0 unspecified atom stereocenters. The molecule has 1 aromatic heterocycles. The van der Waals surface area contributed by atoms with Crippen LogP contribution < -0.4 is 10.2 Å². The standard InChI is InChI=1S/C21H22ClN5O3/c1-3-30-21(28)17-13(2)24-19-16(12-23)20(26-8-10-29-11-9-26)25-27(19)18(17)14-4-6-15(22)7-5-14/h4-7,18,24H,3,8-11H2,1-2H3/t18-/m1/s1. The lowest BCUT2D eigenvalue weighted by Crippen LogP contribution is -2.37. The normalized spacial score (nSPS) is 18.5. The number of ether oxygens (including phenoxy) is 2. The highest BCUT2D eigenvalue weighted by atomic mass is 35.5. The Bertz CT molecular complexity index is 1030. The van der Waals surface area contributed by atoms with E-state index in [9.17, 15) is 10.1 Å². The molecule has 2 aliphatic rings. The van der Waals surface area contributed by atoms with Gasteiger partial charge in [0.25, 0.3) is 0 Å². The van der Waals surface area contributed by atoms with Crippen molar-refractivity contribution in [3.63, 3.8) is 0 Å². The first-order valence-electron chi connectivity index (χ1n) is 9.80. The highest BCUT2D eigenvalue weighted by Gasteiger charge is 2.37. The Balaban J connectivity index is 1.88. The van der Waals surface area contributed by atoms with Crippen LogP contribution in [0.1, 0.15) is 31.0 Å². The second kappa shape index (κ2) is 8.38. The lowest BCUT2D eigenvalue weighted by Gasteiger charge is -2.29. The van der Waals surface area contributed by atoms with Crippen molar-refractivity contribution in [2.75, 3.05) is 43.1 Å². The van der Waals surface area contributed by atoms with Crippen molar-refractivity contribution >= 4 is 29.2 Å². The number of hydrogen-bond donors (Lipinski definition) is 1. The van der Waals surface area contributed by atoms with Crippen molar-refractivity contribution < 1.29 is 14.3 Å². The third-order valence-corrected chi connectivity index (χ3v) is 5.48. The Labute approximate surface area is 179 Å². The molecule has 9 heteroatoms. The van der Waals surface area contributed by atoms with Gasteiger partial charge in [0.2, 0.25) is 0 Å². The maximum atomic E-state index is 12.9. The second-order valence-electron chi connectivity index (χ2n) is 7.04. The average Bonchev–Trinajstić information content (AvgIpc) is 3.12. The number of aromatic nitrogens is 2. The van der Waals surface area contributed by atoms with Crippen molar-refractivity contribution in [2.24, 2.45) is 0 Å². The van der Waals surface area contributed by atoms with Crippen LogP contribution in [-0.4, -0.2) is 48.7 Å². The zero-order valence-corrected chi connectivity index (χ0v) is 17.6. The van der Waals surface area contributed by atoms with Gasteiger partial charge in [0.05, 0.1) is 25.4 Å². The number of carbonyl (C=O) groups excluding carboxylic acids is 1. The van der Waals surface area contributed by atoms with Crippen LogP contribution in [0.5, 0.6) is 0 Å². The zero-order valence-electron chi connectivity index (χ0n) is 16.8. The molecular weight excluding hydrogens is 406 g/mol. The molecule has 30 heavy (non-hydrogen) atoms. The summed E-state index contributed by atoms with van der Waals surface area (Å²) >= 11 is 6.08. The van der Waals surface area contributed by atoms with Crippen LogP contribution in [0.4, 0.5) is 11.6 Å². The molecule has 0 spiro atoms. The number of esters is 1. The third kappa shape index (κ3) is 3.51. The number of rotatable bonds is 4. The number of morpholine rings is 1. The lowest BCUT2D eigenvalue weighted by atomic mass is 9.95. The molecule has 1 fully saturated rings. The maximum absolute atomic E-state index is 12.9. The number of carbonyl (C=O) groups is 1. The second-order valence-corrected chi connectivity index (χ2v) is 7.48. The van der Waals surface area contributed by atoms with Crippen LogP contribution in [0.3, 0.4) is 0 Å². The SMILES string of the molecule is CCOC(=O)C1=C(C)Nc2c(C#N)c(N3CCOCC3)nn2[C@@H]1c1ccc(Cl)cc1. The fourth-order valence-electron chi connectivity index (χ4n) is 3.83. The molecule has 2 aliphatic heterocycles. The van der Waals surface area contributed by atoms with E-state index in [-0.39, 0.29) is 6.61 Å². The summed E-state index contributed by atoms with van der Waals surface area (Å²) in [6, 6.07) is 9.00. The van der Waals surface area contributed by atoms with Crippen molar-refractivity contribution in [3.8, 4) is 6.07 Å². The molecule has 0 aliphatic carbocycles. The number of benzene rings is 1. The van der Waals surface area contributed by atoms with Crippen LogP contribution in [-0.2, 0) is 14.3 Å². The predicted molar refractivity (Wildman–Crippen MR) is 113 cm³/mol. The number of hydrogen-bond acceptors (Lipinski definition) is 7. The van der Waals surface area contributed by atoms with Crippen LogP contribution in [0.15, 0.2) is 35.5 Å². The highest BCUT2D eigenvalue weighted by molar-refractivity contribution is 6.30. The summed E-state index contributed by atoms with van der Waals surface area (Å²) in [4.78, 5) is 14.9. The van der Waals surface area contributed by atoms with Crippen LogP contribution in [0, 0.1) is 11.3 Å². The number of halogens is 1. The van der Waals surface area contributed by atoms with E-state index in [0.29, 0.717) is 59.8 Å². The minimum Gasteiger partial charge on any atom is -0.463 e. The van der Waals surface area contributed by atoms with Crippen LogP contribution >= 0.6 is 11.6 Å². The van der Waals surface area contributed by atoms with Gasteiger partial charge in [-0.3, -0.25) is 0 Å². The molecule has 8 nitrogen and oxygen atoms in total. The first kappa shape index (κ1) is 20.3. The number of fused-ring (bicyclic) bond motifs is 1. The van der Waals surface area contributed by atoms with Gasteiger partial charge in [0, 0.05) is 23.8 Å². The summed E-state index contributed by atoms with van der Waals surface area (Å²) in [7, 11) is 0. The molecule has 3 heterocycles. The summed E-state index contributed by atoms with van der Waals surface area (Å²) in [6.45, 7) is 6.28. The monoisotopic (exact) mass is 427 g/mol. The smallest absolute Gasteiger partial charge is 0.338 e. The van der Waals surface area contributed by atoms with E-state index >= 15 is 0 Å². The molecule has 0 radical (unpaired) electrons. The molecule has 1 aromatic carbocycles. The molecule has 4 rings (SSSR count). The summed E-state index contributed by atoms with van der Waals surface area (Å²) in [6.07, 6.45) is 0. The van der Waals surface area contributed by atoms with Gasteiger partial charge in [-0.15, -0.1) is 0 Å². The molecule has 2 aromatic rings. The summed E-state index contributed by atoms with van der Waals surface area (Å²) < 4.78 is 12.5. The molecule has 0 bridgehead atoms. The quantitative estimate of drug-likeness (QED) is 0.749. The fourth-order valence-corrected chi connectivity index (χ4v) is 3.95. The topological polar surface area (TPSA) is 92.4 Å². The zero-order chi connectivity index (χ0) is 21.3. The van der Waals surface area contributed by atoms with Gasteiger partial charge < -0.3 is 19.7 Å². The van der Waals surface area contributed by atoms with Crippen LogP contribution in [0.25, 0.3) is 0 Å². The van der Waals surface area contributed by atoms with Gasteiger partial charge >= 0.3 is 5.97 Å². The van der Waals surface area contributed by atoms with E-state index in [4.69, 9.17) is 26.2 Å². The van der Waals surface area contributed by atoms with E-state index in [1.165, 1.54) is 0 Å². The van der Waals surface area contributed by atoms with Crippen molar-refractivity contribution in [1.82, 2.24) is 9.78 Å². The molecule has 0 saturated carbocycles. The van der Waals surface area contributed by atoms with Gasteiger partial charge in [0.1, 0.15) is 23.5 Å². The first-order chi connectivity index (χ1) is 14.5. The number of nitriles is 1. The molecular formula is C21H22ClN5O3. The van der Waals surface area contributed by atoms with Crippen LogP contribution in [0.2, 0.25) is 5.02 Å². The molecule has 1 N–H and O–H groups in total. The maximum Gasteiger partial charge on any atom is 0.338 e. The average molecular weight is 428 g/mol. The Kier molecular flexibility index (Phi) is 5.66. The van der Waals surface area contributed by atoms with Crippen molar-refractivity contribution in [2.45, 2.75) is 19.9 Å². The Hall–Kier alpha value is -3.02. The van der Waals surface area contributed by atoms with E-state index in [1.54, 1.807) is 30.7 Å². The third-order valence-electron chi connectivity index (χ3n) is 5.22. The number of nitrogens with zero attached hydrogens (tertiary/aromatic N) is 4. The molecule has 1 saturated heterocycles. The van der Waals surface area contributed by atoms with E-state index in [1.807, 2.05) is 17.0 Å². The van der Waals surface area contributed by atoms with Crippen molar-refractivity contribution in [3.05, 3.63) is 51.7 Å². The highest BCUT2D eigenvalue weighted by Crippen LogP contribution is 2.41. The first-order valence-corrected chi connectivity index (χ1v) is 10.2. The summed E-state index contributed by atoms with van der Waals surface area (Å²) in [5, 5.41) is 18.5. The van der Waals surface area contributed by atoms with E-state index in [2.05, 4.69) is 11.4 Å². The minimum absolute atomic E-state index is 0.261. The summed E-state index contributed by atoms with van der Waals surface area (Å²) in [5.41, 5.74) is 2.35. The predicted octanol–water partition coefficient (Wildman–Crippen LogP) is 3.10. The number of allylic oxidation sites excluding steroid dienone is 1. The molecule has 156 valence electrons. The van der Waals surface area contributed by atoms with Crippen molar-refractivity contribution in [1.29, 1.82) is 5.26 Å². The molecule has 0 amide bonds. The Morgan fingerprint density at radius 1 is 1.37 bits per heavy atom. The van der Waals surface area contributed by atoms with Gasteiger partial charge in [-0.2, -0.15) is 10.4 Å². The Morgan fingerprint density at radius 3 is 2.70 bits per heavy atom. The largest absolute Gasteiger partial charge is 0.463 e. The van der Waals surface area contributed by atoms with Gasteiger partial charge in [-0.25, -0.2) is 9.48 Å². The van der Waals surface area contributed by atoms with Gasteiger partial charge in [-0.1, -0.05) is 23.7 Å². The van der Waals surface area contributed by atoms with Gasteiger partial charge in [0.15, 0.2) is 5.82 Å². The lowest BCUT2D eigenvalue weighted by molar-refractivity contribution is -0.139.